The summed E-state index contributed by atoms with van der Waals surface area (Å²) in [5.74, 6) is -3.63. The second-order valence-electron chi connectivity index (χ2n) is 11.0. The monoisotopic (exact) mass is 634 g/mol. The molecule has 0 radical (unpaired) electrons. The van der Waals surface area contributed by atoms with E-state index >= 15 is 0 Å². The van der Waals surface area contributed by atoms with Gasteiger partial charge in [0.1, 0.15) is 29.9 Å². The summed E-state index contributed by atoms with van der Waals surface area (Å²) in [5, 5.41) is 6.58. The molecule has 2 aliphatic rings. The Morgan fingerprint density at radius 3 is 2.60 bits per heavy atom. The number of carbonyl (C=O) groups is 3. The van der Waals surface area contributed by atoms with Gasteiger partial charge in [-0.3, -0.25) is 14.4 Å². The largest absolute Gasteiger partial charge is 0.511 e. The maximum Gasteiger partial charge on any atom is 0.511 e. The maximum absolute atomic E-state index is 14.2. The van der Waals surface area contributed by atoms with Crippen molar-refractivity contribution in [1.82, 2.24) is 14.8 Å². The van der Waals surface area contributed by atoms with Crippen molar-refractivity contribution >= 4 is 23.7 Å². The van der Waals surface area contributed by atoms with E-state index in [0.717, 1.165) is 6.07 Å². The lowest BCUT2D eigenvalue weighted by molar-refractivity contribution is -0.0201. The number of methoxy groups -OCH3 is 1. The van der Waals surface area contributed by atoms with E-state index in [0.29, 0.717) is 24.6 Å². The highest BCUT2D eigenvalue weighted by Gasteiger charge is 2.44. The number of hydrogen-bond donors (Lipinski definition) is 1. The second-order valence-corrected chi connectivity index (χ2v) is 11.0. The molecule has 45 heavy (non-hydrogen) atoms. The van der Waals surface area contributed by atoms with E-state index < -0.39 is 71.4 Å². The summed E-state index contributed by atoms with van der Waals surface area (Å²) >= 11 is 0. The van der Waals surface area contributed by atoms with Gasteiger partial charge in [-0.05, 0) is 46.6 Å². The molecular weight excluding hydrogens is 598 g/mol. The van der Waals surface area contributed by atoms with E-state index in [1.54, 1.807) is 25.7 Å². The number of nitrogens with one attached hydrogen (secondary N) is 1. The highest BCUT2D eigenvalue weighted by molar-refractivity contribution is 5.99. The first-order chi connectivity index (χ1) is 21.4. The Labute approximate surface area is 258 Å². The van der Waals surface area contributed by atoms with Crippen molar-refractivity contribution in [2.45, 2.75) is 71.4 Å². The molecule has 0 saturated carbocycles. The SMILES string of the molecule is CO[C@H](C)COC(=O)OCOc1c2n(cc(C(=O)NCc3ccc(F)cc3F)c1=O)[C@@H]1CN(C2=O)[C@@H](C)CC[C@H]1ON=C(C)C. The maximum atomic E-state index is 14.2. The quantitative estimate of drug-likeness (QED) is 0.170. The van der Waals surface area contributed by atoms with Crippen molar-refractivity contribution in [3.8, 4) is 5.75 Å². The number of nitrogens with zero attached hydrogens (tertiary/aromatic N) is 3. The number of halogens is 2. The molecule has 2 aromatic rings. The zero-order chi connectivity index (χ0) is 32.8. The van der Waals surface area contributed by atoms with Crippen LogP contribution in [0.1, 0.15) is 73.0 Å². The standard InChI is InChI=1S/C30H36F2N4O9/c1-16(2)34-45-24-9-6-17(3)35-13-23(24)36-12-21(28(38)33-11-19-7-8-20(31)10-22(19)32)26(37)27(25(36)29(35)39)43-15-44-30(40)42-14-18(4)41-5/h7-8,10,12,17-18,23-24H,6,9,11,13-15H2,1-5H3,(H,33,38)/t17-,18+,23+,24+/m0/s1. The molecule has 1 N–H and O–H groups in total. The molecule has 4 atom stereocenters. The van der Waals surface area contributed by atoms with Crippen LogP contribution in [-0.2, 0) is 25.6 Å². The summed E-state index contributed by atoms with van der Waals surface area (Å²) in [5.41, 5.74) is -0.915. The molecule has 0 spiro atoms. The lowest BCUT2D eigenvalue weighted by Gasteiger charge is -2.38. The van der Waals surface area contributed by atoms with Gasteiger partial charge in [-0.25, -0.2) is 13.6 Å². The van der Waals surface area contributed by atoms with Crippen LogP contribution in [0.3, 0.4) is 0 Å². The van der Waals surface area contributed by atoms with Crippen LogP contribution in [-0.4, -0.2) is 78.5 Å². The van der Waals surface area contributed by atoms with E-state index in [9.17, 15) is 28.0 Å². The normalized spacial score (nSPS) is 19.5. The third-order valence-electron chi connectivity index (χ3n) is 7.52. The van der Waals surface area contributed by atoms with E-state index in [1.165, 1.54) is 23.9 Å². The van der Waals surface area contributed by atoms with Gasteiger partial charge in [0.2, 0.25) is 18.0 Å². The van der Waals surface area contributed by atoms with E-state index in [1.807, 2.05) is 6.92 Å². The highest BCUT2D eigenvalue weighted by Crippen LogP contribution is 2.36. The summed E-state index contributed by atoms with van der Waals surface area (Å²) in [6, 6.07) is 2.07. The molecule has 3 heterocycles. The fraction of sp³-hybridized carbons (Fsp3) is 0.500. The highest BCUT2D eigenvalue weighted by atomic mass is 19.1. The van der Waals surface area contributed by atoms with Gasteiger partial charge in [-0.15, -0.1) is 0 Å². The Bertz CT molecular complexity index is 1530. The van der Waals surface area contributed by atoms with Crippen molar-refractivity contribution in [2.24, 2.45) is 5.16 Å². The van der Waals surface area contributed by atoms with Crippen molar-refractivity contribution in [1.29, 1.82) is 0 Å². The fourth-order valence-corrected chi connectivity index (χ4v) is 4.98. The molecule has 0 unspecified atom stereocenters. The third kappa shape index (κ3) is 7.77. The van der Waals surface area contributed by atoms with Crippen LogP contribution in [0, 0.1) is 11.6 Å². The molecule has 1 fully saturated rings. The molecule has 2 aliphatic heterocycles. The van der Waals surface area contributed by atoms with Gasteiger partial charge >= 0.3 is 6.16 Å². The van der Waals surface area contributed by atoms with Crippen LogP contribution in [0.2, 0.25) is 0 Å². The molecular formula is C30H36F2N4O9. The molecule has 1 aromatic carbocycles. The van der Waals surface area contributed by atoms with Gasteiger partial charge in [0.05, 0.1) is 17.9 Å². The smallest absolute Gasteiger partial charge is 0.451 e. The second kappa shape index (κ2) is 14.5. The Kier molecular flexibility index (Phi) is 10.8. The molecule has 0 aliphatic carbocycles. The predicted octanol–water partition coefficient (Wildman–Crippen LogP) is 3.54. The van der Waals surface area contributed by atoms with Gasteiger partial charge in [0.15, 0.2) is 5.69 Å². The Hall–Kier alpha value is -4.53. The average molecular weight is 635 g/mol. The number of rotatable bonds is 11. The number of pyridine rings is 1. The predicted molar refractivity (Wildman–Crippen MR) is 155 cm³/mol. The van der Waals surface area contributed by atoms with Gasteiger partial charge in [-0.1, -0.05) is 11.2 Å². The van der Waals surface area contributed by atoms with Crippen molar-refractivity contribution in [3.05, 3.63) is 63.1 Å². The Balaban J connectivity index is 1.72. The fourth-order valence-electron chi connectivity index (χ4n) is 4.98. The number of fused-ring (bicyclic) bond motifs is 4. The zero-order valence-electron chi connectivity index (χ0n) is 25.6. The number of hydrogen-bond acceptors (Lipinski definition) is 10. The van der Waals surface area contributed by atoms with Crippen LogP contribution in [0.4, 0.5) is 13.6 Å². The van der Waals surface area contributed by atoms with Crippen molar-refractivity contribution < 1.29 is 46.9 Å². The number of ether oxygens (including phenoxy) is 4. The molecule has 13 nitrogen and oxygen atoms in total. The topological polar surface area (TPSA) is 147 Å². The Morgan fingerprint density at radius 1 is 1.16 bits per heavy atom. The van der Waals surface area contributed by atoms with Gasteiger partial charge in [0.25, 0.3) is 11.8 Å². The molecule has 15 heteroatoms. The van der Waals surface area contributed by atoms with Crippen LogP contribution < -0.4 is 15.5 Å². The third-order valence-corrected chi connectivity index (χ3v) is 7.52. The van der Waals surface area contributed by atoms with Crippen LogP contribution in [0.15, 0.2) is 34.3 Å². The molecule has 4 rings (SSSR count). The number of carbonyl (C=O) groups excluding carboxylic acids is 3. The minimum Gasteiger partial charge on any atom is -0.451 e. The Morgan fingerprint density at radius 2 is 1.91 bits per heavy atom. The molecule has 1 saturated heterocycles. The summed E-state index contributed by atoms with van der Waals surface area (Å²) in [4.78, 5) is 60.4. The lowest BCUT2D eigenvalue weighted by Crippen LogP contribution is -2.49. The zero-order valence-corrected chi connectivity index (χ0v) is 25.6. The van der Waals surface area contributed by atoms with Gasteiger partial charge in [-0.2, -0.15) is 0 Å². The first-order valence-electron chi connectivity index (χ1n) is 14.4. The van der Waals surface area contributed by atoms with Crippen LogP contribution in [0.25, 0.3) is 0 Å². The van der Waals surface area contributed by atoms with Gasteiger partial charge < -0.3 is 38.6 Å². The minimum atomic E-state index is -1.11. The number of benzene rings is 1. The lowest BCUT2D eigenvalue weighted by atomic mass is 10.0. The van der Waals surface area contributed by atoms with Crippen molar-refractivity contribution in [3.63, 3.8) is 0 Å². The average Bonchev–Trinajstić information content (AvgIpc) is 3.14. The van der Waals surface area contributed by atoms with Crippen molar-refractivity contribution in [2.75, 3.05) is 27.1 Å². The number of amides is 2. The van der Waals surface area contributed by atoms with E-state index in [-0.39, 0.29) is 37.0 Å². The molecule has 244 valence electrons. The van der Waals surface area contributed by atoms with E-state index in [2.05, 4.69) is 10.5 Å². The first kappa shape index (κ1) is 33.4. The minimum absolute atomic E-state index is 0.0150. The summed E-state index contributed by atoms with van der Waals surface area (Å²) in [6.07, 6.45) is 0.257. The summed E-state index contributed by atoms with van der Waals surface area (Å²) in [6.45, 7) is 5.98. The van der Waals surface area contributed by atoms with E-state index in [4.69, 9.17) is 23.8 Å². The summed E-state index contributed by atoms with van der Waals surface area (Å²) < 4.78 is 49.5. The molecule has 2 amide bonds. The molecule has 1 aromatic heterocycles. The number of aromatic nitrogens is 1. The van der Waals surface area contributed by atoms with Crippen LogP contribution >= 0.6 is 0 Å². The summed E-state index contributed by atoms with van der Waals surface area (Å²) in [7, 11) is 1.44. The first-order valence-corrected chi connectivity index (χ1v) is 14.4. The van der Waals surface area contributed by atoms with Crippen LogP contribution in [0.5, 0.6) is 5.75 Å². The number of oxime groups is 1. The molecule has 2 bridgehead atoms. The van der Waals surface area contributed by atoms with Gasteiger partial charge in [0, 0.05) is 44.1 Å².